The summed E-state index contributed by atoms with van der Waals surface area (Å²) in [6, 6.07) is 11.4. The van der Waals surface area contributed by atoms with E-state index in [1.165, 1.54) is 30.2 Å². The number of halogens is 1. The molecule has 1 amide bonds. The second-order valence-electron chi connectivity index (χ2n) is 6.63. The van der Waals surface area contributed by atoms with E-state index < -0.39 is 0 Å². The fourth-order valence-electron chi connectivity index (χ4n) is 3.05. The van der Waals surface area contributed by atoms with Crippen LogP contribution in [0.5, 0.6) is 11.5 Å². The van der Waals surface area contributed by atoms with Crippen LogP contribution in [-0.4, -0.2) is 43.4 Å². The fourth-order valence-corrected chi connectivity index (χ4v) is 3.78. The molecule has 9 nitrogen and oxygen atoms in total. The highest BCUT2D eigenvalue weighted by atomic mass is 32.2. The van der Waals surface area contributed by atoms with Crippen LogP contribution in [0, 0.1) is 5.82 Å². The number of anilines is 1. The van der Waals surface area contributed by atoms with Crippen molar-refractivity contribution in [2.24, 2.45) is 0 Å². The van der Waals surface area contributed by atoms with Crippen LogP contribution < -0.4 is 14.8 Å². The van der Waals surface area contributed by atoms with E-state index in [-0.39, 0.29) is 24.3 Å². The molecule has 0 spiro atoms. The second-order valence-corrected chi connectivity index (χ2v) is 7.59. The van der Waals surface area contributed by atoms with Crippen molar-refractivity contribution in [3.05, 3.63) is 60.2 Å². The average molecular weight is 438 g/mol. The van der Waals surface area contributed by atoms with E-state index in [0.29, 0.717) is 39.9 Å². The van der Waals surface area contributed by atoms with Gasteiger partial charge in [-0.1, -0.05) is 29.1 Å². The number of hydrogen-bond donors (Lipinski definition) is 1. The van der Waals surface area contributed by atoms with Gasteiger partial charge in [0.05, 0.1) is 12.3 Å². The fraction of sp³-hybridized carbons (Fsp3) is 0.150. The lowest BCUT2D eigenvalue weighted by atomic mass is 10.2. The highest BCUT2D eigenvalue weighted by Crippen LogP contribution is 2.34. The van der Waals surface area contributed by atoms with Crippen LogP contribution in [0.25, 0.3) is 11.2 Å². The molecule has 0 bridgehead atoms. The molecule has 0 saturated heterocycles. The van der Waals surface area contributed by atoms with Crippen molar-refractivity contribution in [2.45, 2.75) is 11.6 Å². The Kier molecular flexibility index (Phi) is 5.08. The Labute approximate surface area is 179 Å². The van der Waals surface area contributed by atoms with Gasteiger partial charge in [0, 0.05) is 11.8 Å². The molecule has 2 aromatic heterocycles. The number of nitrogens with one attached hydrogen (secondary N) is 1. The zero-order valence-corrected chi connectivity index (χ0v) is 16.8. The first-order chi connectivity index (χ1) is 15.2. The van der Waals surface area contributed by atoms with E-state index in [1.807, 2.05) is 0 Å². The maximum absolute atomic E-state index is 13.1. The molecule has 0 unspecified atom stereocenters. The lowest BCUT2D eigenvalue weighted by Gasteiger charge is -2.06. The number of benzene rings is 2. The summed E-state index contributed by atoms with van der Waals surface area (Å²) in [4.78, 5) is 20.9. The van der Waals surface area contributed by atoms with Gasteiger partial charge in [0.1, 0.15) is 17.2 Å². The van der Waals surface area contributed by atoms with Gasteiger partial charge in [-0.15, -0.1) is 5.10 Å². The number of aromatic nitrogens is 5. The van der Waals surface area contributed by atoms with Crippen LogP contribution in [0.3, 0.4) is 0 Å². The van der Waals surface area contributed by atoms with Crippen LogP contribution >= 0.6 is 11.8 Å². The van der Waals surface area contributed by atoms with Crippen molar-refractivity contribution >= 4 is 34.5 Å². The number of thioether (sulfide) groups is 1. The maximum atomic E-state index is 13.1. The van der Waals surface area contributed by atoms with Crippen LogP contribution in [0.2, 0.25) is 0 Å². The summed E-state index contributed by atoms with van der Waals surface area (Å²) in [5.41, 5.74) is 2.53. The summed E-state index contributed by atoms with van der Waals surface area (Å²) in [5.74, 6) is 0.882. The smallest absolute Gasteiger partial charge is 0.234 e. The number of carbonyl (C=O) groups excluding carboxylic acids is 1. The molecule has 0 saturated carbocycles. The van der Waals surface area contributed by atoms with Crippen LogP contribution in [0.1, 0.15) is 5.56 Å². The standard InChI is InChI=1S/C20H15FN6O3S/c21-13-3-1-12(2-4-13)8-27-19-18(25-26-27)20(23-10-22-19)31-9-17(28)24-14-5-6-15-16(7-14)30-11-29-15/h1-7,10H,8-9,11H2,(H,24,28). The Hall–Kier alpha value is -3.73. The van der Waals surface area contributed by atoms with Gasteiger partial charge in [0.25, 0.3) is 0 Å². The lowest BCUT2D eigenvalue weighted by molar-refractivity contribution is -0.113. The van der Waals surface area contributed by atoms with Crippen LogP contribution in [0.15, 0.2) is 53.8 Å². The van der Waals surface area contributed by atoms with Gasteiger partial charge in [0.15, 0.2) is 22.7 Å². The number of carbonyl (C=O) groups is 1. The zero-order valence-electron chi connectivity index (χ0n) is 16.0. The molecule has 0 fully saturated rings. The molecule has 1 aliphatic heterocycles. The summed E-state index contributed by atoms with van der Waals surface area (Å²) in [5, 5.41) is 11.7. The number of rotatable bonds is 6. The number of hydrogen-bond acceptors (Lipinski definition) is 8. The molecule has 0 aliphatic carbocycles. The van der Waals surface area contributed by atoms with Crippen molar-refractivity contribution in [3.63, 3.8) is 0 Å². The summed E-state index contributed by atoms with van der Waals surface area (Å²) in [7, 11) is 0. The number of amides is 1. The van der Waals surface area contributed by atoms with Crippen molar-refractivity contribution in [2.75, 3.05) is 17.9 Å². The van der Waals surface area contributed by atoms with Gasteiger partial charge >= 0.3 is 0 Å². The summed E-state index contributed by atoms with van der Waals surface area (Å²) in [6.07, 6.45) is 1.41. The molecule has 0 radical (unpaired) electrons. The highest BCUT2D eigenvalue weighted by Gasteiger charge is 2.16. The van der Waals surface area contributed by atoms with Crippen molar-refractivity contribution in [1.29, 1.82) is 0 Å². The third kappa shape index (κ3) is 4.12. The van der Waals surface area contributed by atoms with Gasteiger partial charge in [0.2, 0.25) is 12.7 Å². The Morgan fingerprint density at radius 3 is 2.84 bits per heavy atom. The topological polar surface area (TPSA) is 104 Å². The second kappa shape index (κ2) is 8.19. The van der Waals surface area contributed by atoms with Crippen molar-refractivity contribution < 1.29 is 18.7 Å². The first-order valence-electron chi connectivity index (χ1n) is 9.27. The van der Waals surface area contributed by atoms with Crippen LogP contribution in [-0.2, 0) is 11.3 Å². The van der Waals surface area contributed by atoms with Crippen LogP contribution in [0.4, 0.5) is 10.1 Å². The molecule has 11 heteroatoms. The van der Waals surface area contributed by atoms with Gasteiger partial charge in [-0.25, -0.2) is 19.0 Å². The highest BCUT2D eigenvalue weighted by molar-refractivity contribution is 8.00. The molecule has 1 N–H and O–H groups in total. The van der Waals surface area contributed by atoms with Gasteiger partial charge in [-0.2, -0.15) is 0 Å². The Morgan fingerprint density at radius 2 is 1.97 bits per heavy atom. The summed E-state index contributed by atoms with van der Waals surface area (Å²) >= 11 is 1.24. The molecule has 2 aromatic carbocycles. The normalized spacial score (nSPS) is 12.3. The SMILES string of the molecule is O=C(CSc1ncnc2c1nnn2Cc1ccc(F)cc1)Nc1ccc2c(c1)OCO2. The molecular formula is C20H15FN6O3S. The van der Waals surface area contributed by atoms with Gasteiger partial charge in [-0.05, 0) is 29.8 Å². The summed E-state index contributed by atoms with van der Waals surface area (Å²) < 4.78 is 25.3. The Bertz CT molecular complexity index is 1260. The zero-order chi connectivity index (χ0) is 21.2. The monoisotopic (exact) mass is 438 g/mol. The summed E-state index contributed by atoms with van der Waals surface area (Å²) in [6.45, 7) is 0.566. The first kappa shape index (κ1) is 19.2. The lowest BCUT2D eigenvalue weighted by Crippen LogP contribution is -2.14. The molecule has 0 atom stereocenters. The van der Waals surface area contributed by atoms with Crippen molar-refractivity contribution in [3.8, 4) is 11.5 Å². The predicted octanol–water partition coefficient (Wildman–Crippen LogP) is 2.87. The minimum atomic E-state index is -0.299. The number of fused-ring (bicyclic) bond motifs is 2. The van der Waals surface area contributed by atoms with Crippen molar-refractivity contribution in [1.82, 2.24) is 25.0 Å². The number of ether oxygens (including phenoxy) is 2. The molecular weight excluding hydrogens is 423 g/mol. The van der Waals surface area contributed by atoms with E-state index in [9.17, 15) is 9.18 Å². The third-order valence-corrected chi connectivity index (χ3v) is 5.49. The molecule has 156 valence electrons. The minimum absolute atomic E-state index is 0.130. The van der Waals surface area contributed by atoms with E-state index in [4.69, 9.17) is 9.47 Å². The molecule has 31 heavy (non-hydrogen) atoms. The first-order valence-corrected chi connectivity index (χ1v) is 10.3. The molecule has 5 rings (SSSR count). The maximum Gasteiger partial charge on any atom is 0.234 e. The molecule has 3 heterocycles. The largest absolute Gasteiger partial charge is 0.454 e. The van der Waals surface area contributed by atoms with Gasteiger partial charge in [-0.3, -0.25) is 4.79 Å². The number of nitrogens with zero attached hydrogens (tertiary/aromatic N) is 5. The predicted molar refractivity (Wildman–Crippen MR) is 111 cm³/mol. The van der Waals surface area contributed by atoms with Gasteiger partial charge < -0.3 is 14.8 Å². The molecule has 4 aromatic rings. The van der Waals surface area contributed by atoms with E-state index in [1.54, 1.807) is 35.0 Å². The Morgan fingerprint density at radius 1 is 1.13 bits per heavy atom. The quantitative estimate of drug-likeness (QED) is 0.362. The van der Waals surface area contributed by atoms with E-state index in [2.05, 4.69) is 25.6 Å². The average Bonchev–Trinajstić information content (AvgIpc) is 3.41. The molecule has 1 aliphatic rings. The Balaban J connectivity index is 1.26. The van der Waals surface area contributed by atoms with E-state index >= 15 is 0 Å². The minimum Gasteiger partial charge on any atom is -0.454 e. The third-order valence-electron chi connectivity index (χ3n) is 4.51. The van der Waals surface area contributed by atoms with E-state index in [0.717, 1.165) is 5.56 Å².